The summed E-state index contributed by atoms with van der Waals surface area (Å²) in [6.07, 6.45) is 1.17. The molecule has 1 rings (SSSR count). The van der Waals surface area contributed by atoms with Gasteiger partial charge in [-0.1, -0.05) is 6.92 Å². The van der Waals surface area contributed by atoms with Crippen LogP contribution in [0.25, 0.3) is 0 Å². The molecule has 86 valence electrons. The molecular weight excluding hydrogens is 208 g/mol. The molecule has 0 aromatic carbocycles. The zero-order valence-corrected chi connectivity index (χ0v) is 10.7. The second-order valence-electron chi connectivity index (χ2n) is 3.46. The lowest BCUT2D eigenvalue weighted by molar-refractivity contribution is 0.0760. The van der Waals surface area contributed by atoms with Gasteiger partial charge in [-0.3, -0.25) is 0 Å². The topological polar surface area (TPSA) is 34.1 Å². The quantitative estimate of drug-likeness (QED) is 0.813. The van der Waals surface area contributed by atoms with Crippen LogP contribution in [0.5, 0.6) is 0 Å². The Balaban J connectivity index is 2.70. The van der Waals surface area contributed by atoms with Crippen molar-refractivity contribution in [2.75, 3.05) is 13.7 Å². The second kappa shape index (κ2) is 6.20. The van der Waals surface area contributed by atoms with Crippen LogP contribution in [0.15, 0.2) is 5.38 Å². The van der Waals surface area contributed by atoms with E-state index in [1.54, 1.807) is 11.3 Å². The van der Waals surface area contributed by atoms with Crippen LogP contribution >= 0.6 is 11.3 Å². The van der Waals surface area contributed by atoms with Gasteiger partial charge in [0, 0.05) is 18.0 Å². The normalized spacial score (nSPS) is 15.2. The number of thiazole rings is 1. The summed E-state index contributed by atoms with van der Waals surface area (Å²) in [4.78, 5) is 4.60. The standard InChI is InChI=1S/C11H20N2OS/c1-5-9(12-4)10-7-15-11(13-10)8(3)14-6-2/h7-9,12H,5-6H2,1-4H3. The van der Waals surface area contributed by atoms with Gasteiger partial charge in [-0.2, -0.15) is 0 Å². The van der Waals surface area contributed by atoms with E-state index in [4.69, 9.17) is 4.74 Å². The smallest absolute Gasteiger partial charge is 0.122 e. The number of nitrogens with one attached hydrogen (secondary N) is 1. The molecule has 4 heteroatoms. The predicted octanol–water partition coefficient (Wildman–Crippen LogP) is 2.91. The summed E-state index contributed by atoms with van der Waals surface area (Å²) in [7, 11) is 1.97. The first-order valence-electron chi connectivity index (χ1n) is 5.47. The van der Waals surface area contributed by atoms with Crippen LogP contribution in [0.2, 0.25) is 0 Å². The monoisotopic (exact) mass is 228 g/mol. The summed E-state index contributed by atoms with van der Waals surface area (Å²) < 4.78 is 5.52. The third-order valence-electron chi connectivity index (χ3n) is 2.42. The highest BCUT2D eigenvalue weighted by Gasteiger charge is 2.14. The number of rotatable bonds is 6. The van der Waals surface area contributed by atoms with E-state index in [0.29, 0.717) is 6.04 Å². The Morgan fingerprint density at radius 2 is 2.27 bits per heavy atom. The number of hydrogen-bond acceptors (Lipinski definition) is 4. The molecule has 0 saturated carbocycles. The molecule has 0 saturated heterocycles. The molecule has 0 aliphatic carbocycles. The lowest BCUT2D eigenvalue weighted by Gasteiger charge is -2.11. The Morgan fingerprint density at radius 3 is 2.80 bits per heavy atom. The minimum Gasteiger partial charge on any atom is -0.372 e. The van der Waals surface area contributed by atoms with Gasteiger partial charge in [-0.25, -0.2) is 4.98 Å². The Hall–Kier alpha value is -0.450. The van der Waals surface area contributed by atoms with Crippen LogP contribution in [0, 0.1) is 0 Å². The van der Waals surface area contributed by atoms with Gasteiger partial charge in [0.05, 0.1) is 5.69 Å². The number of hydrogen-bond donors (Lipinski definition) is 1. The van der Waals surface area contributed by atoms with Gasteiger partial charge >= 0.3 is 0 Å². The van der Waals surface area contributed by atoms with Crippen LogP contribution in [0.1, 0.15) is 50.0 Å². The summed E-state index contributed by atoms with van der Waals surface area (Å²) >= 11 is 1.68. The summed E-state index contributed by atoms with van der Waals surface area (Å²) in [6.45, 7) is 6.95. The molecule has 1 N–H and O–H groups in total. The lowest BCUT2D eigenvalue weighted by atomic mass is 10.2. The van der Waals surface area contributed by atoms with Crippen LogP contribution < -0.4 is 5.32 Å². The van der Waals surface area contributed by atoms with Crippen LogP contribution in [0.4, 0.5) is 0 Å². The van der Waals surface area contributed by atoms with Crippen molar-refractivity contribution in [2.24, 2.45) is 0 Å². The SMILES string of the molecule is CCOC(C)c1nc(C(CC)NC)cs1. The summed E-state index contributed by atoms with van der Waals surface area (Å²) in [5.41, 5.74) is 1.13. The minimum atomic E-state index is 0.114. The molecule has 1 aromatic rings. The molecule has 1 aromatic heterocycles. The fourth-order valence-electron chi connectivity index (χ4n) is 1.53. The maximum Gasteiger partial charge on any atom is 0.122 e. The zero-order chi connectivity index (χ0) is 11.3. The average molecular weight is 228 g/mol. The van der Waals surface area contributed by atoms with Gasteiger partial charge in [-0.05, 0) is 27.3 Å². The van der Waals surface area contributed by atoms with E-state index in [-0.39, 0.29) is 6.10 Å². The largest absolute Gasteiger partial charge is 0.372 e. The van der Waals surface area contributed by atoms with Crippen LogP contribution in [0.3, 0.4) is 0 Å². The first-order chi connectivity index (χ1) is 7.22. The van der Waals surface area contributed by atoms with Crippen molar-refractivity contribution in [3.63, 3.8) is 0 Å². The van der Waals surface area contributed by atoms with Crippen molar-refractivity contribution in [1.29, 1.82) is 0 Å². The number of ether oxygens (including phenoxy) is 1. The van der Waals surface area contributed by atoms with E-state index in [2.05, 4.69) is 22.6 Å². The molecule has 0 bridgehead atoms. The fraction of sp³-hybridized carbons (Fsp3) is 0.727. The molecular formula is C11H20N2OS. The lowest BCUT2D eigenvalue weighted by Crippen LogP contribution is -2.15. The molecule has 0 aliphatic rings. The van der Waals surface area contributed by atoms with Gasteiger partial charge in [0.25, 0.3) is 0 Å². The summed E-state index contributed by atoms with van der Waals surface area (Å²) in [5.74, 6) is 0. The van der Waals surface area contributed by atoms with Gasteiger partial charge in [-0.15, -0.1) is 11.3 Å². The molecule has 0 spiro atoms. The highest BCUT2D eigenvalue weighted by atomic mass is 32.1. The van der Waals surface area contributed by atoms with E-state index >= 15 is 0 Å². The molecule has 2 unspecified atom stereocenters. The van der Waals surface area contributed by atoms with Crippen molar-refractivity contribution in [2.45, 2.75) is 39.3 Å². The van der Waals surface area contributed by atoms with E-state index in [1.165, 1.54) is 0 Å². The molecule has 2 atom stereocenters. The second-order valence-corrected chi connectivity index (χ2v) is 4.35. The number of aromatic nitrogens is 1. The zero-order valence-electron chi connectivity index (χ0n) is 9.91. The first kappa shape index (κ1) is 12.6. The molecule has 0 aliphatic heterocycles. The number of nitrogens with zero attached hydrogens (tertiary/aromatic N) is 1. The molecule has 15 heavy (non-hydrogen) atoms. The molecule has 0 fully saturated rings. The summed E-state index contributed by atoms with van der Waals surface area (Å²) in [6, 6.07) is 0.365. The minimum absolute atomic E-state index is 0.114. The van der Waals surface area contributed by atoms with Crippen molar-refractivity contribution >= 4 is 11.3 Å². The Morgan fingerprint density at radius 1 is 1.53 bits per heavy atom. The maximum atomic E-state index is 5.52. The average Bonchev–Trinajstić information content (AvgIpc) is 2.69. The van der Waals surface area contributed by atoms with Crippen LogP contribution in [-0.4, -0.2) is 18.6 Å². The molecule has 1 heterocycles. The fourth-order valence-corrected chi connectivity index (χ4v) is 2.41. The maximum absolute atomic E-state index is 5.52. The van der Waals surface area contributed by atoms with Crippen LogP contribution in [-0.2, 0) is 4.74 Å². The Bertz CT molecular complexity index is 284. The van der Waals surface area contributed by atoms with Crippen molar-refractivity contribution in [3.8, 4) is 0 Å². The third kappa shape index (κ3) is 3.26. The van der Waals surface area contributed by atoms with E-state index < -0.39 is 0 Å². The molecule has 3 nitrogen and oxygen atoms in total. The first-order valence-corrected chi connectivity index (χ1v) is 6.35. The Labute approximate surface area is 95.9 Å². The summed E-state index contributed by atoms with van der Waals surface area (Å²) in [5, 5.41) is 6.45. The Kier molecular flexibility index (Phi) is 5.22. The van der Waals surface area contributed by atoms with E-state index in [0.717, 1.165) is 23.7 Å². The van der Waals surface area contributed by atoms with Gasteiger partial charge in [0.1, 0.15) is 11.1 Å². The molecule has 0 amide bonds. The van der Waals surface area contributed by atoms with Gasteiger partial charge < -0.3 is 10.1 Å². The predicted molar refractivity (Wildman–Crippen MR) is 64.2 cm³/mol. The molecule has 0 radical (unpaired) electrons. The van der Waals surface area contributed by atoms with Crippen molar-refractivity contribution in [3.05, 3.63) is 16.1 Å². The van der Waals surface area contributed by atoms with E-state index in [9.17, 15) is 0 Å². The highest BCUT2D eigenvalue weighted by molar-refractivity contribution is 7.09. The van der Waals surface area contributed by atoms with E-state index in [1.807, 2.05) is 20.9 Å². The third-order valence-corrected chi connectivity index (χ3v) is 3.44. The highest BCUT2D eigenvalue weighted by Crippen LogP contribution is 2.25. The van der Waals surface area contributed by atoms with Gasteiger partial charge in [0.15, 0.2) is 0 Å². The van der Waals surface area contributed by atoms with Crippen molar-refractivity contribution in [1.82, 2.24) is 10.3 Å². The van der Waals surface area contributed by atoms with Crippen molar-refractivity contribution < 1.29 is 4.74 Å². The van der Waals surface area contributed by atoms with Gasteiger partial charge in [0.2, 0.25) is 0 Å².